The van der Waals surface area contributed by atoms with Gasteiger partial charge in [-0.3, -0.25) is 4.31 Å². The van der Waals surface area contributed by atoms with Gasteiger partial charge in [-0.25, -0.2) is 12.8 Å². The fraction of sp³-hybridized carbons (Fsp3) is 0.250. The molecule has 0 fully saturated rings. The molecule has 0 atom stereocenters. The predicted octanol–water partition coefficient (Wildman–Crippen LogP) is 3.84. The number of benzene rings is 2. The van der Waals surface area contributed by atoms with Crippen molar-refractivity contribution in [3.05, 3.63) is 58.9 Å². The molecule has 0 unspecified atom stereocenters. The van der Waals surface area contributed by atoms with Crippen LogP contribution in [0.25, 0.3) is 0 Å². The molecule has 0 aromatic heterocycles. The van der Waals surface area contributed by atoms with E-state index in [-0.39, 0.29) is 17.1 Å². The molecule has 0 heterocycles. The Bertz CT molecular complexity index is 758. The van der Waals surface area contributed by atoms with Gasteiger partial charge in [0.1, 0.15) is 11.6 Å². The Kier molecular flexibility index (Phi) is 5.49. The molecule has 2 aromatic rings. The lowest BCUT2D eigenvalue weighted by atomic mass is 10.2. The van der Waals surface area contributed by atoms with Gasteiger partial charge >= 0.3 is 0 Å². The number of hydrogen-bond donors (Lipinski definition) is 0. The van der Waals surface area contributed by atoms with Gasteiger partial charge in [0.15, 0.2) is 0 Å². The standard InChI is InChI=1S/C16H17ClFNO3S/c1-3-22-13-9-7-12(8-10-13)19(23(2,20)21)11-14-15(17)5-4-6-16(14)18/h4-10H,3,11H2,1-2H3. The van der Waals surface area contributed by atoms with E-state index in [1.807, 2.05) is 6.92 Å². The third-order valence-corrected chi connectivity index (χ3v) is 4.69. The summed E-state index contributed by atoms with van der Waals surface area (Å²) in [5.74, 6) is 0.0886. The Morgan fingerprint density at radius 1 is 1.17 bits per heavy atom. The van der Waals surface area contributed by atoms with Crippen LogP contribution in [0.4, 0.5) is 10.1 Å². The second-order valence-corrected chi connectivity index (χ2v) is 7.21. The highest BCUT2D eigenvalue weighted by Gasteiger charge is 2.21. The summed E-state index contributed by atoms with van der Waals surface area (Å²) in [7, 11) is -3.61. The molecule has 0 aliphatic heterocycles. The van der Waals surface area contributed by atoms with Crippen LogP contribution >= 0.6 is 11.6 Å². The number of nitrogens with zero attached hydrogens (tertiary/aromatic N) is 1. The van der Waals surface area contributed by atoms with Crippen LogP contribution in [0.3, 0.4) is 0 Å². The molecule has 0 N–H and O–H groups in total. The van der Waals surface area contributed by atoms with Gasteiger partial charge in [-0.15, -0.1) is 0 Å². The van der Waals surface area contributed by atoms with Crippen molar-refractivity contribution in [1.29, 1.82) is 0 Å². The SMILES string of the molecule is CCOc1ccc(N(Cc2c(F)cccc2Cl)S(C)(=O)=O)cc1. The zero-order valence-electron chi connectivity index (χ0n) is 12.8. The van der Waals surface area contributed by atoms with Crippen molar-refractivity contribution in [2.24, 2.45) is 0 Å². The largest absolute Gasteiger partial charge is 0.494 e. The summed E-state index contributed by atoms with van der Waals surface area (Å²) in [5.41, 5.74) is 0.545. The predicted molar refractivity (Wildman–Crippen MR) is 90.0 cm³/mol. The number of sulfonamides is 1. The molecule has 0 aliphatic carbocycles. The molecule has 0 bridgehead atoms. The maximum atomic E-state index is 14.0. The third-order valence-electron chi connectivity index (χ3n) is 3.20. The van der Waals surface area contributed by atoms with E-state index in [0.29, 0.717) is 18.0 Å². The zero-order chi connectivity index (χ0) is 17.0. The average Bonchev–Trinajstić information content (AvgIpc) is 2.47. The van der Waals surface area contributed by atoms with Crippen LogP contribution < -0.4 is 9.04 Å². The lowest BCUT2D eigenvalue weighted by Crippen LogP contribution is -2.29. The van der Waals surface area contributed by atoms with Gasteiger partial charge in [0.2, 0.25) is 10.0 Å². The summed E-state index contributed by atoms with van der Waals surface area (Å²) < 4.78 is 44.6. The van der Waals surface area contributed by atoms with Crippen molar-refractivity contribution in [3.8, 4) is 5.75 Å². The number of ether oxygens (including phenoxy) is 1. The molecule has 0 radical (unpaired) electrons. The minimum absolute atomic E-state index is 0.133. The second-order valence-electron chi connectivity index (χ2n) is 4.90. The Balaban J connectivity index is 2.39. The lowest BCUT2D eigenvalue weighted by molar-refractivity contribution is 0.340. The number of halogens is 2. The topological polar surface area (TPSA) is 46.6 Å². The Morgan fingerprint density at radius 3 is 2.35 bits per heavy atom. The van der Waals surface area contributed by atoms with Gasteiger partial charge < -0.3 is 4.74 Å². The number of rotatable bonds is 6. The molecular formula is C16H17ClFNO3S. The van der Waals surface area contributed by atoms with Crippen molar-refractivity contribution in [2.45, 2.75) is 13.5 Å². The first-order chi connectivity index (χ1) is 10.8. The van der Waals surface area contributed by atoms with Crippen LogP contribution in [0.2, 0.25) is 5.02 Å². The third kappa shape index (κ3) is 4.36. The van der Waals surface area contributed by atoms with Gasteiger partial charge in [0.25, 0.3) is 0 Å². The molecular weight excluding hydrogens is 341 g/mol. The minimum atomic E-state index is -3.61. The molecule has 124 valence electrons. The minimum Gasteiger partial charge on any atom is -0.494 e. The quantitative estimate of drug-likeness (QED) is 0.789. The normalized spacial score (nSPS) is 11.3. The van der Waals surface area contributed by atoms with E-state index in [0.717, 1.165) is 10.6 Å². The first kappa shape index (κ1) is 17.6. The van der Waals surface area contributed by atoms with Crippen molar-refractivity contribution in [1.82, 2.24) is 0 Å². The first-order valence-corrected chi connectivity index (χ1v) is 9.19. The van der Waals surface area contributed by atoms with Crippen molar-refractivity contribution < 1.29 is 17.5 Å². The molecule has 23 heavy (non-hydrogen) atoms. The van der Waals surface area contributed by atoms with Crippen molar-refractivity contribution in [3.63, 3.8) is 0 Å². The van der Waals surface area contributed by atoms with E-state index in [4.69, 9.17) is 16.3 Å². The highest BCUT2D eigenvalue weighted by molar-refractivity contribution is 7.92. The highest BCUT2D eigenvalue weighted by Crippen LogP contribution is 2.27. The summed E-state index contributed by atoms with van der Waals surface area (Å²) in [5, 5.41) is 0.185. The number of hydrogen-bond acceptors (Lipinski definition) is 3. The summed E-state index contributed by atoms with van der Waals surface area (Å²) >= 11 is 6.00. The van der Waals surface area contributed by atoms with Crippen LogP contribution in [0.5, 0.6) is 5.75 Å². The van der Waals surface area contributed by atoms with Crippen LogP contribution in [0.15, 0.2) is 42.5 Å². The molecule has 7 heteroatoms. The van der Waals surface area contributed by atoms with Gasteiger partial charge in [-0.05, 0) is 43.3 Å². The molecule has 0 aliphatic rings. The van der Waals surface area contributed by atoms with E-state index >= 15 is 0 Å². The molecule has 0 saturated heterocycles. The van der Waals surface area contributed by atoms with Crippen molar-refractivity contribution in [2.75, 3.05) is 17.2 Å². The number of anilines is 1. The van der Waals surface area contributed by atoms with E-state index in [1.54, 1.807) is 24.3 Å². The summed E-state index contributed by atoms with van der Waals surface area (Å²) in [6.45, 7) is 2.19. The van der Waals surface area contributed by atoms with Gasteiger partial charge in [-0.2, -0.15) is 0 Å². The van der Waals surface area contributed by atoms with E-state index in [2.05, 4.69) is 0 Å². The van der Waals surface area contributed by atoms with Crippen LogP contribution in [-0.4, -0.2) is 21.3 Å². The monoisotopic (exact) mass is 357 g/mol. The molecule has 4 nitrogen and oxygen atoms in total. The lowest BCUT2D eigenvalue weighted by Gasteiger charge is -2.23. The fourth-order valence-electron chi connectivity index (χ4n) is 2.10. The fourth-order valence-corrected chi connectivity index (χ4v) is 3.19. The maximum absolute atomic E-state index is 14.0. The van der Waals surface area contributed by atoms with E-state index < -0.39 is 15.8 Å². The molecule has 2 aromatic carbocycles. The Morgan fingerprint density at radius 2 is 1.83 bits per heavy atom. The first-order valence-electron chi connectivity index (χ1n) is 6.96. The van der Waals surface area contributed by atoms with Crippen LogP contribution in [-0.2, 0) is 16.6 Å². The average molecular weight is 358 g/mol. The van der Waals surface area contributed by atoms with E-state index in [9.17, 15) is 12.8 Å². The van der Waals surface area contributed by atoms with Gasteiger partial charge in [0, 0.05) is 10.6 Å². The van der Waals surface area contributed by atoms with Crippen molar-refractivity contribution >= 4 is 27.3 Å². The molecule has 0 amide bonds. The second kappa shape index (κ2) is 7.19. The molecule has 0 spiro atoms. The molecule has 2 rings (SSSR count). The van der Waals surface area contributed by atoms with Crippen LogP contribution in [0, 0.1) is 5.82 Å². The van der Waals surface area contributed by atoms with Crippen LogP contribution in [0.1, 0.15) is 12.5 Å². The molecule has 0 saturated carbocycles. The smallest absolute Gasteiger partial charge is 0.232 e. The Hall–Kier alpha value is -1.79. The van der Waals surface area contributed by atoms with Gasteiger partial charge in [0.05, 0.1) is 25.1 Å². The Labute approximate surface area is 140 Å². The van der Waals surface area contributed by atoms with Gasteiger partial charge in [-0.1, -0.05) is 17.7 Å². The zero-order valence-corrected chi connectivity index (χ0v) is 14.4. The highest BCUT2D eigenvalue weighted by atomic mass is 35.5. The summed E-state index contributed by atoms with van der Waals surface area (Å²) in [4.78, 5) is 0. The summed E-state index contributed by atoms with van der Waals surface area (Å²) in [6, 6.07) is 10.8. The van der Waals surface area contributed by atoms with E-state index in [1.165, 1.54) is 18.2 Å². The summed E-state index contributed by atoms with van der Waals surface area (Å²) in [6.07, 6.45) is 1.07. The maximum Gasteiger partial charge on any atom is 0.232 e.